The third kappa shape index (κ3) is 2.42. The lowest BCUT2D eigenvalue weighted by Crippen LogP contribution is -2.20. The molecule has 0 amide bonds. The van der Waals surface area contributed by atoms with Crippen LogP contribution in [0.2, 0.25) is 0 Å². The molecule has 1 atom stereocenters. The molecule has 1 aromatic carbocycles. The summed E-state index contributed by atoms with van der Waals surface area (Å²) >= 11 is 0. The van der Waals surface area contributed by atoms with Crippen molar-refractivity contribution in [2.75, 3.05) is 30.3 Å². The molecule has 0 aliphatic carbocycles. The van der Waals surface area contributed by atoms with Gasteiger partial charge in [-0.05, 0) is 31.5 Å². The zero-order chi connectivity index (χ0) is 12.4. The topological polar surface area (TPSA) is 66.6 Å². The molecule has 0 aromatic heterocycles. The van der Waals surface area contributed by atoms with Gasteiger partial charge in [-0.1, -0.05) is 0 Å². The number of anilines is 2. The van der Waals surface area contributed by atoms with Gasteiger partial charge < -0.3 is 15.7 Å². The Bertz CT molecular complexity index is 431. The molecule has 0 radical (unpaired) electrons. The molecule has 4 heteroatoms. The van der Waals surface area contributed by atoms with Crippen LogP contribution in [0.1, 0.15) is 23.7 Å². The maximum Gasteiger partial charge on any atom is 0.161 e. The summed E-state index contributed by atoms with van der Waals surface area (Å²) in [6.45, 7) is 3.54. The van der Waals surface area contributed by atoms with E-state index in [1.54, 1.807) is 6.07 Å². The van der Waals surface area contributed by atoms with Crippen LogP contribution in [-0.4, -0.2) is 30.6 Å². The van der Waals surface area contributed by atoms with Gasteiger partial charge in [0.25, 0.3) is 0 Å². The van der Waals surface area contributed by atoms with E-state index in [0.717, 1.165) is 25.2 Å². The third-order valence-corrected chi connectivity index (χ3v) is 3.32. The number of nitrogens with zero attached hydrogens (tertiary/aromatic N) is 1. The fourth-order valence-corrected chi connectivity index (χ4v) is 2.28. The largest absolute Gasteiger partial charge is 0.398 e. The molecule has 0 spiro atoms. The summed E-state index contributed by atoms with van der Waals surface area (Å²) < 4.78 is 0. The highest BCUT2D eigenvalue weighted by atomic mass is 16.3. The molecule has 3 N–H and O–H groups in total. The number of carbonyl (C=O) groups excluding carboxylic acids is 1. The van der Waals surface area contributed by atoms with Crippen molar-refractivity contribution < 1.29 is 9.90 Å². The van der Waals surface area contributed by atoms with Crippen molar-refractivity contribution in [2.45, 2.75) is 13.3 Å². The van der Waals surface area contributed by atoms with Crippen LogP contribution >= 0.6 is 0 Å². The minimum Gasteiger partial charge on any atom is -0.398 e. The van der Waals surface area contributed by atoms with Crippen LogP contribution in [0.15, 0.2) is 18.2 Å². The van der Waals surface area contributed by atoms with Crippen LogP contribution < -0.4 is 10.6 Å². The molecule has 1 heterocycles. The maximum absolute atomic E-state index is 11.3. The lowest BCUT2D eigenvalue weighted by Gasteiger charge is -2.19. The molecular weight excluding hydrogens is 216 g/mol. The second-order valence-corrected chi connectivity index (χ2v) is 4.61. The van der Waals surface area contributed by atoms with E-state index < -0.39 is 0 Å². The van der Waals surface area contributed by atoms with Crippen molar-refractivity contribution in [1.29, 1.82) is 0 Å². The van der Waals surface area contributed by atoms with Gasteiger partial charge in [-0.25, -0.2) is 0 Å². The van der Waals surface area contributed by atoms with E-state index >= 15 is 0 Å². The summed E-state index contributed by atoms with van der Waals surface area (Å²) in [5.74, 6) is 0.340. The maximum atomic E-state index is 11.3. The van der Waals surface area contributed by atoms with Crippen molar-refractivity contribution >= 4 is 17.2 Å². The third-order valence-electron chi connectivity index (χ3n) is 3.32. The smallest absolute Gasteiger partial charge is 0.161 e. The van der Waals surface area contributed by atoms with Crippen LogP contribution in [-0.2, 0) is 0 Å². The van der Waals surface area contributed by atoms with Crippen molar-refractivity contribution in [1.82, 2.24) is 0 Å². The Labute approximate surface area is 101 Å². The lowest BCUT2D eigenvalue weighted by molar-refractivity contribution is 0.101. The second kappa shape index (κ2) is 4.75. The normalized spacial score (nSPS) is 19.6. The van der Waals surface area contributed by atoms with Crippen molar-refractivity contribution in [3.63, 3.8) is 0 Å². The fraction of sp³-hybridized carbons (Fsp3) is 0.462. The van der Waals surface area contributed by atoms with E-state index in [-0.39, 0.29) is 12.4 Å². The summed E-state index contributed by atoms with van der Waals surface area (Å²) in [5, 5.41) is 9.11. The minimum atomic E-state index is -0.0105. The number of Topliss-reactive ketones (excluding diaryl/α,β-unsaturated/α-hetero) is 1. The number of aliphatic hydroxyl groups excluding tert-OH is 1. The molecule has 0 saturated carbocycles. The van der Waals surface area contributed by atoms with Gasteiger partial charge in [-0.3, -0.25) is 4.79 Å². The SMILES string of the molecule is CC(=O)c1ccc(N2CCC(CO)C2)cc1N. The number of benzene rings is 1. The van der Waals surface area contributed by atoms with E-state index in [4.69, 9.17) is 10.8 Å². The number of nitrogen functional groups attached to an aromatic ring is 1. The molecule has 0 bridgehead atoms. The van der Waals surface area contributed by atoms with Crippen molar-refractivity contribution in [3.8, 4) is 0 Å². The van der Waals surface area contributed by atoms with E-state index in [1.807, 2.05) is 12.1 Å². The number of hydrogen-bond donors (Lipinski definition) is 2. The molecular formula is C13H18N2O2. The fourth-order valence-electron chi connectivity index (χ4n) is 2.28. The van der Waals surface area contributed by atoms with E-state index in [1.165, 1.54) is 6.92 Å². The zero-order valence-electron chi connectivity index (χ0n) is 10.0. The van der Waals surface area contributed by atoms with Gasteiger partial charge in [0.15, 0.2) is 5.78 Å². The highest BCUT2D eigenvalue weighted by Gasteiger charge is 2.22. The van der Waals surface area contributed by atoms with E-state index in [0.29, 0.717) is 17.2 Å². The van der Waals surface area contributed by atoms with Gasteiger partial charge in [0, 0.05) is 42.6 Å². The van der Waals surface area contributed by atoms with Crippen LogP contribution in [0.25, 0.3) is 0 Å². The number of nitrogens with two attached hydrogens (primary N) is 1. The standard InChI is InChI=1S/C13H18N2O2/c1-9(17)12-3-2-11(6-13(12)14)15-5-4-10(7-15)8-16/h2-3,6,10,16H,4-5,7-8,14H2,1H3. The Morgan fingerprint density at radius 2 is 2.35 bits per heavy atom. The first-order chi connectivity index (χ1) is 8.11. The summed E-state index contributed by atoms with van der Waals surface area (Å²) in [6.07, 6.45) is 1.00. The average Bonchev–Trinajstić information content (AvgIpc) is 2.76. The number of hydrogen-bond acceptors (Lipinski definition) is 4. The summed E-state index contributed by atoms with van der Waals surface area (Å²) in [5.41, 5.74) is 8.00. The predicted octanol–water partition coefficient (Wildman–Crippen LogP) is 1.29. The number of ketones is 1. The van der Waals surface area contributed by atoms with Crippen LogP contribution in [0.3, 0.4) is 0 Å². The Morgan fingerprint density at radius 1 is 1.59 bits per heavy atom. The number of rotatable bonds is 3. The molecule has 1 aliphatic heterocycles. The van der Waals surface area contributed by atoms with Gasteiger partial charge in [0.05, 0.1) is 0 Å². The average molecular weight is 234 g/mol. The summed E-state index contributed by atoms with van der Waals surface area (Å²) in [7, 11) is 0. The molecule has 1 aliphatic rings. The Balaban J connectivity index is 2.18. The summed E-state index contributed by atoms with van der Waals surface area (Å²) in [6, 6.07) is 5.54. The quantitative estimate of drug-likeness (QED) is 0.611. The molecule has 4 nitrogen and oxygen atoms in total. The first-order valence-corrected chi connectivity index (χ1v) is 5.88. The number of aliphatic hydroxyl groups is 1. The highest BCUT2D eigenvalue weighted by molar-refractivity contribution is 5.99. The molecule has 1 unspecified atom stereocenters. The molecule has 92 valence electrons. The highest BCUT2D eigenvalue weighted by Crippen LogP contribution is 2.27. The number of carbonyl (C=O) groups is 1. The Morgan fingerprint density at radius 3 is 2.88 bits per heavy atom. The molecule has 2 rings (SSSR count). The van der Waals surface area contributed by atoms with E-state index in [2.05, 4.69) is 4.90 Å². The molecule has 17 heavy (non-hydrogen) atoms. The Hall–Kier alpha value is -1.55. The summed E-state index contributed by atoms with van der Waals surface area (Å²) in [4.78, 5) is 13.5. The predicted molar refractivity (Wildman–Crippen MR) is 68.3 cm³/mol. The zero-order valence-corrected chi connectivity index (χ0v) is 10.0. The second-order valence-electron chi connectivity index (χ2n) is 4.61. The molecule has 1 saturated heterocycles. The van der Waals surface area contributed by atoms with Gasteiger partial charge in [0.1, 0.15) is 0 Å². The van der Waals surface area contributed by atoms with Crippen LogP contribution in [0.5, 0.6) is 0 Å². The molecule has 1 aromatic rings. The van der Waals surface area contributed by atoms with Gasteiger partial charge in [0.2, 0.25) is 0 Å². The van der Waals surface area contributed by atoms with Crippen LogP contribution in [0, 0.1) is 5.92 Å². The monoisotopic (exact) mass is 234 g/mol. The van der Waals surface area contributed by atoms with Gasteiger partial charge in [-0.15, -0.1) is 0 Å². The lowest BCUT2D eigenvalue weighted by atomic mass is 10.1. The van der Waals surface area contributed by atoms with E-state index in [9.17, 15) is 4.79 Å². The molecule has 1 fully saturated rings. The van der Waals surface area contributed by atoms with Gasteiger partial charge >= 0.3 is 0 Å². The first kappa shape index (κ1) is 11.9. The Kier molecular flexibility index (Phi) is 3.33. The van der Waals surface area contributed by atoms with Crippen molar-refractivity contribution in [2.24, 2.45) is 5.92 Å². The van der Waals surface area contributed by atoms with Gasteiger partial charge in [-0.2, -0.15) is 0 Å². The van der Waals surface area contributed by atoms with Crippen LogP contribution in [0.4, 0.5) is 11.4 Å². The minimum absolute atomic E-state index is 0.0105. The van der Waals surface area contributed by atoms with Crippen molar-refractivity contribution in [3.05, 3.63) is 23.8 Å². The first-order valence-electron chi connectivity index (χ1n) is 5.88.